The van der Waals surface area contributed by atoms with Crippen LogP contribution in [0.3, 0.4) is 0 Å². The van der Waals surface area contributed by atoms with E-state index >= 15 is 0 Å². The quantitative estimate of drug-likeness (QED) is 0.717. The predicted molar refractivity (Wildman–Crippen MR) is 46.0 cm³/mol. The molecule has 0 radical (unpaired) electrons. The first-order valence-electron chi connectivity index (χ1n) is 2.66. The maximum atomic E-state index is 12.8. The number of nitrogens with zero attached hydrogens (tertiary/aromatic N) is 2. The molecule has 0 aliphatic carbocycles. The minimum atomic E-state index is -0.737. The number of pyridine rings is 1. The second-order valence-corrected chi connectivity index (χ2v) is 2.96. The number of hydrogen-bond acceptors (Lipinski definition) is 3. The topological polar surface area (TPSA) is 62.7 Å². The molecule has 11 heavy (non-hydrogen) atoms. The summed E-state index contributed by atoms with van der Waals surface area (Å²) in [6.45, 7) is 0. The van der Waals surface area contributed by atoms with Crippen LogP contribution in [-0.4, -0.2) is 4.98 Å². The molecule has 0 unspecified atom stereocenters. The van der Waals surface area contributed by atoms with Crippen molar-refractivity contribution in [3.05, 3.63) is 21.3 Å². The lowest BCUT2D eigenvalue weighted by atomic mass is 10.3. The second kappa shape index (κ2) is 3.00. The fourth-order valence-electron chi connectivity index (χ4n) is 0.558. The first kappa shape index (κ1) is 8.20. The number of hydrogen-bond donors (Lipinski definition) is 1. The van der Waals surface area contributed by atoms with E-state index in [4.69, 9.17) is 11.0 Å². The Hall–Kier alpha value is -0.900. The number of halogens is 2. The smallest absolute Gasteiger partial charge is 0.183 e. The largest absolute Gasteiger partial charge is 0.395 e. The number of nitriles is 1. The molecule has 0 fully saturated rings. The summed E-state index contributed by atoms with van der Waals surface area (Å²) in [7, 11) is 0. The first-order chi connectivity index (χ1) is 5.16. The van der Waals surface area contributed by atoms with Gasteiger partial charge in [0.1, 0.15) is 6.07 Å². The van der Waals surface area contributed by atoms with E-state index in [0.29, 0.717) is 3.57 Å². The summed E-state index contributed by atoms with van der Waals surface area (Å²) in [5.74, 6) is -0.737. The van der Waals surface area contributed by atoms with E-state index in [1.165, 1.54) is 6.20 Å². The molecular formula is C6H3FIN3. The zero-order valence-corrected chi connectivity index (χ0v) is 7.46. The van der Waals surface area contributed by atoms with E-state index in [1.807, 2.05) is 22.6 Å². The first-order valence-corrected chi connectivity index (χ1v) is 3.74. The van der Waals surface area contributed by atoms with Gasteiger partial charge in [0.2, 0.25) is 0 Å². The molecule has 0 saturated carbocycles. The number of aromatic nitrogens is 1. The molecule has 2 N–H and O–H groups in total. The minimum Gasteiger partial charge on any atom is -0.395 e. The highest BCUT2D eigenvalue weighted by molar-refractivity contribution is 14.1. The third-order valence-electron chi connectivity index (χ3n) is 1.11. The van der Waals surface area contributed by atoms with Gasteiger partial charge in [-0.2, -0.15) is 5.26 Å². The van der Waals surface area contributed by atoms with E-state index in [2.05, 4.69) is 4.98 Å². The molecule has 0 aromatic carbocycles. The summed E-state index contributed by atoms with van der Waals surface area (Å²) < 4.78 is 13.4. The SMILES string of the molecule is N#Cc1ncc(I)c(N)c1F. The van der Waals surface area contributed by atoms with Crippen LogP contribution in [0.2, 0.25) is 0 Å². The van der Waals surface area contributed by atoms with Crippen molar-refractivity contribution in [3.8, 4) is 6.07 Å². The zero-order chi connectivity index (χ0) is 8.43. The Morgan fingerprint density at radius 2 is 2.36 bits per heavy atom. The maximum absolute atomic E-state index is 12.8. The zero-order valence-electron chi connectivity index (χ0n) is 5.31. The van der Waals surface area contributed by atoms with Crippen LogP contribution in [0.1, 0.15) is 5.69 Å². The highest BCUT2D eigenvalue weighted by Gasteiger charge is 2.08. The van der Waals surface area contributed by atoms with Gasteiger partial charge in [0.25, 0.3) is 0 Å². The van der Waals surface area contributed by atoms with Crippen molar-refractivity contribution in [1.29, 1.82) is 5.26 Å². The maximum Gasteiger partial charge on any atom is 0.183 e. The molecular weight excluding hydrogens is 260 g/mol. The van der Waals surface area contributed by atoms with E-state index < -0.39 is 5.82 Å². The molecule has 1 aromatic rings. The molecule has 1 rings (SSSR count). The third-order valence-corrected chi connectivity index (χ3v) is 1.97. The Kier molecular flexibility index (Phi) is 2.24. The molecule has 0 saturated heterocycles. The molecule has 0 bridgehead atoms. The normalized spacial score (nSPS) is 9.18. The summed E-state index contributed by atoms with van der Waals surface area (Å²) in [4.78, 5) is 3.53. The van der Waals surface area contributed by atoms with Gasteiger partial charge in [-0.3, -0.25) is 0 Å². The van der Waals surface area contributed by atoms with Crippen LogP contribution < -0.4 is 5.73 Å². The van der Waals surface area contributed by atoms with Crippen LogP contribution in [0, 0.1) is 20.7 Å². The molecule has 0 amide bonds. The Bertz CT molecular complexity index is 331. The van der Waals surface area contributed by atoms with Crippen molar-refractivity contribution in [1.82, 2.24) is 4.98 Å². The highest BCUT2D eigenvalue weighted by atomic mass is 127. The van der Waals surface area contributed by atoms with E-state index in [-0.39, 0.29) is 11.4 Å². The van der Waals surface area contributed by atoms with Gasteiger partial charge in [0.05, 0.1) is 9.26 Å². The average molecular weight is 263 g/mol. The van der Waals surface area contributed by atoms with Crippen molar-refractivity contribution in [2.24, 2.45) is 0 Å². The molecule has 56 valence electrons. The van der Waals surface area contributed by atoms with Crippen molar-refractivity contribution >= 4 is 28.3 Å². The van der Waals surface area contributed by atoms with Crippen molar-refractivity contribution in [2.45, 2.75) is 0 Å². The minimum absolute atomic E-state index is 0.0165. The van der Waals surface area contributed by atoms with Gasteiger partial charge in [-0.05, 0) is 22.6 Å². The lowest BCUT2D eigenvalue weighted by molar-refractivity contribution is 0.620. The predicted octanol–water partition coefficient (Wildman–Crippen LogP) is 1.28. The Labute approximate surface area is 76.2 Å². The van der Waals surface area contributed by atoms with Crippen molar-refractivity contribution in [3.63, 3.8) is 0 Å². The lowest BCUT2D eigenvalue weighted by Gasteiger charge is -1.98. The van der Waals surface area contributed by atoms with Gasteiger partial charge in [0, 0.05) is 6.20 Å². The van der Waals surface area contributed by atoms with Crippen LogP contribution in [0.5, 0.6) is 0 Å². The van der Waals surface area contributed by atoms with Crippen LogP contribution >= 0.6 is 22.6 Å². The number of rotatable bonds is 0. The summed E-state index contributed by atoms with van der Waals surface area (Å²) in [6, 6.07) is 1.59. The second-order valence-electron chi connectivity index (χ2n) is 1.79. The summed E-state index contributed by atoms with van der Waals surface area (Å²) in [6.07, 6.45) is 1.36. The third kappa shape index (κ3) is 1.40. The Balaban J connectivity index is 3.40. The van der Waals surface area contributed by atoms with Crippen LogP contribution in [0.25, 0.3) is 0 Å². The van der Waals surface area contributed by atoms with Crippen molar-refractivity contribution < 1.29 is 4.39 Å². The number of nitrogens with two attached hydrogens (primary N) is 1. The summed E-state index contributed by atoms with van der Waals surface area (Å²) >= 11 is 1.85. The van der Waals surface area contributed by atoms with Gasteiger partial charge in [-0.1, -0.05) is 0 Å². The van der Waals surface area contributed by atoms with Crippen LogP contribution in [0.4, 0.5) is 10.1 Å². The monoisotopic (exact) mass is 263 g/mol. The number of nitrogen functional groups attached to an aromatic ring is 1. The molecule has 0 aliphatic rings. The van der Waals surface area contributed by atoms with Gasteiger partial charge >= 0.3 is 0 Å². The summed E-state index contributed by atoms with van der Waals surface area (Å²) in [5.41, 5.74) is 5.01. The van der Waals surface area contributed by atoms with Gasteiger partial charge in [-0.25, -0.2) is 9.37 Å². The average Bonchev–Trinajstić information content (AvgIpc) is 2.01. The standard InChI is InChI=1S/C6H3FIN3/c7-5-4(1-9)11-2-3(8)6(5)10/h2H,(H2,10,11). The van der Waals surface area contributed by atoms with E-state index in [1.54, 1.807) is 6.07 Å². The van der Waals surface area contributed by atoms with Gasteiger partial charge < -0.3 is 5.73 Å². The molecule has 0 atom stereocenters. The van der Waals surface area contributed by atoms with E-state index in [9.17, 15) is 4.39 Å². The van der Waals surface area contributed by atoms with Crippen molar-refractivity contribution in [2.75, 3.05) is 5.73 Å². The van der Waals surface area contributed by atoms with Gasteiger partial charge in [0.15, 0.2) is 11.5 Å². The highest BCUT2D eigenvalue weighted by Crippen LogP contribution is 2.18. The fraction of sp³-hybridized carbons (Fsp3) is 0. The molecule has 5 heteroatoms. The molecule has 1 heterocycles. The molecule has 3 nitrogen and oxygen atoms in total. The molecule has 0 spiro atoms. The fourth-order valence-corrected chi connectivity index (χ4v) is 0.934. The summed E-state index contributed by atoms with van der Waals surface area (Å²) in [5, 5.41) is 8.32. The van der Waals surface area contributed by atoms with Crippen LogP contribution in [0.15, 0.2) is 6.20 Å². The van der Waals surface area contributed by atoms with Crippen LogP contribution in [-0.2, 0) is 0 Å². The lowest BCUT2D eigenvalue weighted by Crippen LogP contribution is -1.99. The Morgan fingerprint density at radius 1 is 1.73 bits per heavy atom. The molecule has 0 aliphatic heterocycles. The Morgan fingerprint density at radius 3 is 2.91 bits per heavy atom. The molecule has 1 aromatic heterocycles. The number of anilines is 1. The van der Waals surface area contributed by atoms with Gasteiger partial charge in [-0.15, -0.1) is 0 Å². The van der Waals surface area contributed by atoms with E-state index in [0.717, 1.165) is 0 Å².